The summed E-state index contributed by atoms with van der Waals surface area (Å²) in [5.41, 5.74) is 0.853. The Hall–Kier alpha value is -2.31. The summed E-state index contributed by atoms with van der Waals surface area (Å²) in [4.78, 5) is 1.21. The van der Waals surface area contributed by atoms with E-state index >= 15 is 0 Å². The van der Waals surface area contributed by atoms with Crippen LogP contribution >= 0.6 is 11.6 Å². The van der Waals surface area contributed by atoms with Gasteiger partial charge in [-0.1, -0.05) is 11.6 Å². The number of hydrogen-bond donors (Lipinski definition) is 0. The van der Waals surface area contributed by atoms with E-state index in [0.29, 0.717) is 0 Å². The maximum atomic E-state index is 14.9. The minimum atomic E-state index is -4.99. The van der Waals surface area contributed by atoms with Crippen molar-refractivity contribution in [3.63, 3.8) is 0 Å². The molecular weight excluding hydrogens is 398 g/mol. The zero-order chi connectivity index (χ0) is 19.7. The third-order valence-corrected chi connectivity index (χ3v) is 7.02. The highest BCUT2D eigenvalue weighted by molar-refractivity contribution is 7.92. The third-order valence-electron chi connectivity index (χ3n) is 4.61. The van der Waals surface area contributed by atoms with E-state index in [-0.39, 0.29) is 36.5 Å². The lowest BCUT2D eigenvalue weighted by molar-refractivity contribution is 0.0149. The highest BCUT2D eigenvalue weighted by atomic mass is 35.5. The van der Waals surface area contributed by atoms with Gasteiger partial charge in [-0.05, 0) is 37.1 Å². The number of nitriles is 1. The molecule has 0 N–H and O–H groups in total. The molecule has 0 atom stereocenters. The number of halogens is 3. The Morgan fingerprint density at radius 3 is 2.48 bits per heavy atom. The average Bonchev–Trinajstić information content (AvgIpc) is 2.68. The van der Waals surface area contributed by atoms with Crippen LogP contribution in [0.1, 0.15) is 18.4 Å². The monoisotopic (exact) mass is 412 g/mol. The Labute approximate surface area is 160 Å². The van der Waals surface area contributed by atoms with Gasteiger partial charge in [0, 0.05) is 19.0 Å². The van der Waals surface area contributed by atoms with Crippen LogP contribution in [-0.2, 0) is 9.84 Å². The van der Waals surface area contributed by atoms with Gasteiger partial charge in [0.2, 0.25) is 9.84 Å². The molecule has 1 saturated heterocycles. The molecule has 0 unspecified atom stereocenters. The number of aromatic nitrogens is 2. The number of sulfone groups is 1. The first kappa shape index (κ1) is 19.5. The lowest BCUT2D eigenvalue weighted by atomic mass is 9.97. The average molecular weight is 413 g/mol. The molecule has 1 aromatic heterocycles. The second-order valence-corrected chi connectivity index (χ2v) is 8.58. The largest absolute Gasteiger partial charge is 0.370 e. The van der Waals surface area contributed by atoms with Crippen LogP contribution < -0.4 is 4.90 Å². The molecule has 1 aromatic carbocycles. The fraction of sp³-hybridized carbons (Fsp3) is 0.353. The van der Waals surface area contributed by atoms with E-state index in [1.54, 1.807) is 12.1 Å². The van der Waals surface area contributed by atoms with E-state index in [2.05, 4.69) is 10.2 Å². The van der Waals surface area contributed by atoms with Gasteiger partial charge in [-0.2, -0.15) is 24.2 Å². The number of anilines is 1. The first-order valence-electron chi connectivity index (χ1n) is 8.11. The van der Waals surface area contributed by atoms with Gasteiger partial charge in [0.15, 0.2) is 0 Å². The predicted molar refractivity (Wildman–Crippen MR) is 95.3 cm³/mol. The van der Waals surface area contributed by atoms with Gasteiger partial charge >= 0.3 is 5.25 Å². The zero-order valence-electron chi connectivity index (χ0n) is 14.0. The highest BCUT2D eigenvalue weighted by Crippen LogP contribution is 2.43. The van der Waals surface area contributed by atoms with Crippen molar-refractivity contribution in [2.24, 2.45) is 5.92 Å². The lowest BCUT2D eigenvalue weighted by Crippen LogP contribution is -2.44. The summed E-state index contributed by atoms with van der Waals surface area (Å²) in [6.07, 6.45) is 3.05. The summed E-state index contributed by atoms with van der Waals surface area (Å²) in [7, 11) is -4.99. The van der Waals surface area contributed by atoms with Crippen LogP contribution in [-0.4, -0.2) is 37.0 Å². The summed E-state index contributed by atoms with van der Waals surface area (Å²) >= 11 is 5.86. The smallest absolute Gasteiger partial charge is 0.352 e. The SMILES string of the molecule is N#Cc1ccc(S(=O)(=O)C(F)(F)C2CCN(c3ccnnc3)CC2)c(Cl)c1. The molecule has 10 heteroatoms. The van der Waals surface area contributed by atoms with Crippen molar-refractivity contribution in [1.82, 2.24) is 10.2 Å². The molecule has 3 rings (SSSR count). The van der Waals surface area contributed by atoms with Crippen molar-refractivity contribution in [2.45, 2.75) is 23.0 Å². The Balaban J connectivity index is 1.81. The van der Waals surface area contributed by atoms with Gasteiger partial charge in [0.25, 0.3) is 0 Å². The standard InChI is InChI=1S/C17H15ClF2N4O2S/c18-15-9-12(10-21)1-2-16(15)27(25,26)17(19,20)13-4-7-24(8-5-13)14-3-6-22-23-11-14/h1-3,6,9,11,13H,4-5,7-8H2. The summed E-state index contributed by atoms with van der Waals surface area (Å²) in [6.45, 7) is 0.561. The number of rotatable bonds is 4. The maximum Gasteiger partial charge on any atom is 0.352 e. The van der Waals surface area contributed by atoms with Crippen molar-refractivity contribution in [2.75, 3.05) is 18.0 Å². The van der Waals surface area contributed by atoms with Crippen molar-refractivity contribution >= 4 is 27.1 Å². The van der Waals surface area contributed by atoms with Crippen LogP contribution in [0.2, 0.25) is 5.02 Å². The molecule has 1 aliphatic heterocycles. The molecule has 0 bridgehead atoms. The molecule has 2 heterocycles. The first-order valence-corrected chi connectivity index (χ1v) is 9.97. The summed E-state index contributed by atoms with van der Waals surface area (Å²) in [5.74, 6) is -1.33. The molecule has 6 nitrogen and oxygen atoms in total. The molecule has 0 radical (unpaired) electrons. The van der Waals surface area contributed by atoms with Crippen molar-refractivity contribution in [3.05, 3.63) is 47.2 Å². The van der Waals surface area contributed by atoms with Crippen LogP contribution in [0.4, 0.5) is 14.5 Å². The van der Waals surface area contributed by atoms with Gasteiger partial charge < -0.3 is 4.90 Å². The van der Waals surface area contributed by atoms with Crippen LogP contribution in [0.25, 0.3) is 0 Å². The molecule has 1 fully saturated rings. The maximum absolute atomic E-state index is 14.9. The Morgan fingerprint density at radius 1 is 1.22 bits per heavy atom. The Morgan fingerprint density at radius 2 is 1.93 bits per heavy atom. The van der Waals surface area contributed by atoms with Crippen molar-refractivity contribution in [1.29, 1.82) is 5.26 Å². The van der Waals surface area contributed by atoms with Crippen LogP contribution in [0.15, 0.2) is 41.6 Å². The number of piperidine rings is 1. The van der Waals surface area contributed by atoms with E-state index < -0.39 is 25.9 Å². The number of alkyl halides is 2. The quantitative estimate of drug-likeness (QED) is 0.765. The molecule has 2 aromatic rings. The van der Waals surface area contributed by atoms with Crippen molar-refractivity contribution in [3.8, 4) is 6.07 Å². The molecular formula is C17H15ClF2N4O2S. The Kier molecular flexibility index (Phi) is 5.31. The van der Waals surface area contributed by atoms with E-state index in [4.69, 9.17) is 16.9 Å². The van der Waals surface area contributed by atoms with E-state index in [9.17, 15) is 17.2 Å². The van der Waals surface area contributed by atoms with Crippen LogP contribution in [0.5, 0.6) is 0 Å². The second kappa shape index (κ2) is 7.37. The lowest BCUT2D eigenvalue weighted by Gasteiger charge is -2.36. The normalized spacial score (nSPS) is 16.1. The highest BCUT2D eigenvalue weighted by Gasteiger charge is 2.53. The number of benzene rings is 1. The zero-order valence-corrected chi connectivity index (χ0v) is 15.6. The molecule has 0 aliphatic carbocycles. The second-order valence-electron chi connectivity index (χ2n) is 6.18. The van der Waals surface area contributed by atoms with Gasteiger partial charge in [-0.15, -0.1) is 0 Å². The van der Waals surface area contributed by atoms with Crippen LogP contribution in [0.3, 0.4) is 0 Å². The van der Waals surface area contributed by atoms with E-state index in [0.717, 1.165) is 23.9 Å². The van der Waals surface area contributed by atoms with Gasteiger partial charge in [-0.25, -0.2) is 8.42 Å². The topological polar surface area (TPSA) is 87.0 Å². The predicted octanol–water partition coefficient (Wildman–Crippen LogP) is 3.28. The molecule has 0 spiro atoms. The van der Waals surface area contributed by atoms with Gasteiger partial charge in [-0.3, -0.25) is 0 Å². The van der Waals surface area contributed by atoms with E-state index in [1.807, 2.05) is 4.90 Å². The van der Waals surface area contributed by atoms with Gasteiger partial charge in [0.05, 0.1) is 39.6 Å². The minimum Gasteiger partial charge on any atom is -0.370 e. The minimum absolute atomic E-state index is 0.00243. The summed E-state index contributed by atoms with van der Waals surface area (Å²) < 4.78 is 55.0. The van der Waals surface area contributed by atoms with Crippen molar-refractivity contribution < 1.29 is 17.2 Å². The fourth-order valence-corrected chi connectivity index (χ4v) is 5.11. The molecule has 0 amide bonds. The summed E-state index contributed by atoms with van der Waals surface area (Å²) in [6, 6.07) is 6.70. The first-order chi connectivity index (χ1) is 12.8. The Bertz CT molecular complexity index is 972. The molecule has 142 valence electrons. The molecule has 0 saturated carbocycles. The van der Waals surface area contributed by atoms with Gasteiger partial charge in [0.1, 0.15) is 0 Å². The van der Waals surface area contributed by atoms with E-state index in [1.165, 1.54) is 12.4 Å². The number of hydrogen-bond acceptors (Lipinski definition) is 6. The molecule has 27 heavy (non-hydrogen) atoms. The molecule has 1 aliphatic rings. The fourth-order valence-electron chi connectivity index (χ4n) is 3.10. The summed E-state index contributed by atoms with van der Waals surface area (Å²) in [5, 5.41) is 11.9. The number of nitrogens with zero attached hydrogens (tertiary/aromatic N) is 4. The third kappa shape index (κ3) is 3.59. The van der Waals surface area contributed by atoms with Crippen LogP contribution in [0, 0.1) is 17.2 Å².